The maximum absolute atomic E-state index is 8.96. The highest BCUT2D eigenvalue weighted by Crippen LogP contribution is 2.13. The van der Waals surface area contributed by atoms with Crippen molar-refractivity contribution in [3.05, 3.63) is 23.8 Å². The molecule has 1 aliphatic heterocycles. The third-order valence-corrected chi connectivity index (χ3v) is 2.39. The Morgan fingerprint density at radius 1 is 1.56 bits per heavy atom. The molecule has 0 saturated heterocycles. The molecule has 0 aromatic carbocycles. The van der Waals surface area contributed by atoms with Gasteiger partial charge >= 0.3 is 0 Å². The molecule has 9 heavy (non-hydrogen) atoms. The zero-order valence-electron chi connectivity index (χ0n) is 5.16. The average Bonchev–Trinajstić information content (AvgIpc) is 1.90. The second kappa shape index (κ2) is 2.85. The lowest BCUT2D eigenvalue weighted by Gasteiger charge is -2.06. The lowest BCUT2D eigenvalue weighted by molar-refractivity contribution is 0.564. The molecule has 3 heteroatoms. The molecule has 0 amide bonds. The number of hydrogen-bond donors (Lipinski definition) is 2. The Morgan fingerprint density at radius 2 is 2.33 bits per heavy atom. The van der Waals surface area contributed by atoms with Gasteiger partial charge in [0.15, 0.2) is 0 Å². The molecule has 1 unspecified atom stereocenters. The van der Waals surface area contributed by atoms with Crippen molar-refractivity contribution in [1.82, 2.24) is 4.72 Å². The fourth-order valence-corrected chi connectivity index (χ4v) is 1.43. The van der Waals surface area contributed by atoms with Crippen LogP contribution in [0.15, 0.2) is 23.8 Å². The molecule has 2 nitrogen and oxygen atoms in total. The van der Waals surface area contributed by atoms with Gasteiger partial charge in [0, 0.05) is 6.20 Å². The first kappa shape index (κ1) is 6.58. The summed E-state index contributed by atoms with van der Waals surface area (Å²) in [5.41, 5.74) is 0. The van der Waals surface area contributed by atoms with Gasteiger partial charge in [0.25, 0.3) is 0 Å². The summed E-state index contributed by atoms with van der Waals surface area (Å²) in [6.45, 7) is 1.69. The van der Waals surface area contributed by atoms with Crippen molar-refractivity contribution in [2.24, 2.45) is 0 Å². The van der Waals surface area contributed by atoms with Gasteiger partial charge in [0.05, 0.1) is 5.05 Å². The molecule has 1 atom stereocenters. The highest BCUT2D eigenvalue weighted by molar-refractivity contribution is 8.16. The molecule has 0 aliphatic carbocycles. The molecule has 1 rings (SSSR count). The Hall–Kier alpha value is -0.540. The monoisotopic (exact) mass is 143 g/mol. The van der Waals surface area contributed by atoms with E-state index in [1.807, 2.05) is 23.8 Å². The molecule has 0 fully saturated rings. The summed E-state index contributed by atoms with van der Waals surface area (Å²) in [5, 5.41) is 11.3. The van der Waals surface area contributed by atoms with Crippen molar-refractivity contribution in [3.8, 4) is 0 Å². The van der Waals surface area contributed by atoms with Crippen LogP contribution in [-0.4, -0.2) is 10.2 Å². The Labute approximate surface area is 57.0 Å². The minimum atomic E-state index is -0.242. The fourth-order valence-electron chi connectivity index (χ4n) is 0.515. The second-order valence-electron chi connectivity index (χ2n) is 1.66. The van der Waals surface area contributed by atoms with E-state index in [0.29, 0.717) is 5.05 Å². The Balaban J connectivity index is 2.78. The summed E-state index contributed by atoms with van der Waals surface area (Å²) in [5.74, 6) is 0. The molecular formula is C6H9NOS. The van der Waals surface area contributed by atoms with Crippen molar-refractivity contribution in [3.63, 3.8) is 0 Å². The lowest BCUT2D eigenvalue weighted by Crippen LogP contribution is -2.01. The average molecular weight is 143 g/mol. The van der Waals surface area contributed by atoms with E-state index in [2.05, 4.69) is 4.72 Å². The van der Waals surface area contributed by atoms with Crippen molar-refractivity contribution in [1.29, 1.82) is 0 Å². The van der Waals surface area contributed by atoms with E-state index in [1.54, 1.807) is 6.92 Å². The van der Waals surface area contributed by atoms with Crippen molar-refractivity contribution in [2.45, 2.75) is 6.92 Å². The van der Waals surface area contributed by atoms with Crippen LogP contribution in [0, 0.1) is 0 Å². The third-order valence-electron chi connectivity index (χ3n) is 0.935. The quantitative estimate of drug-likeness (QED) is 0.504. The van der Waals surface area contributed by atoms with Crippen LogP contribution in [0.3, 0.4) is 0 Å². The zero-order valence-corrected chi connectivity index (χ0v) is 5.98. The lowest BCUT2D eigenvalue weighted by atomic mass is 10.6. The molecule has 0 bridgehead atoms. The van der Waals surface area contributed by atoms with Crippen LogP contribution in [0.4, 0.5) is 0 Å². The fraction of sp³-hybridized carbons (Fsp3) is 0.167. The molecule has 50 valence electrons. The second-order valence-corrected chi connectivity index (χ2v) is 3.44. The van der Waals surface area contributed by atoms with Gasteiger partial charge in [-0.15, -0.1) is 0 Å². The summed E-state index contributed by atoms with van der Waals surface area (Å²) >= 11 is 0. The van der Waals surface area contributed by atoms with Gasteiger partial charge in [-0.1, -0.05) is 6.08 Å². The summed E-state index contributed by atoms with van der Waals surface area (Å²) in [4.78, 5) is 0. The number of aliphatic hydroxyl groups excluding tert-OH is 1. The van der Waals surface area contributed by atoms with Crippen LogP contribution in [0.2, 0.25) is 0 Å². The first-order valence-electron chi connectivity index (χ1n) is 2.66. The summed E-state index contributed by atoms with van der Waals surface area (Å²) in [6.07, 6.45) is 5.63. The van der Waals surface area contributed by atoms with Gasteiger partial charge in [-0.05, 0) is 29.1 Å². The van der Waals surface area contributed by atoms with E-state index in [9.17, 15) is 0 Å². The van der Waals surface area contributed by atoms with Gasteiger partial charge < -0.3 is 9.83 Å². The van der Waals surface area contributed by atoms with E-state index in [4.69, 9.17) is 5.11 Å². The van der Waals surface area contributed by atoms with Crippen molar-refractivity contribution >= 4 is 15.7 Å². The van der Waals surface area contributed by atoms with Crippen LogP contribution in [0.1, 0.15) is 6.92 Å². The number of aliphatic hydroxyl groups is 1. The Kier molecular flexibility index (Phi) is 2.08. The van der Waals surface area contributed by atoms with Gasteiger partial charge in [0.1, 0.15) is 0 Å². The normalized spacial score (nSPS) is 25.6. The van der Waals surface area contributed by atoms with Gasteiger partial charge in [0.2, 0.25) is 0 Å². The van der Waals surface area contributed by atoms with Crippen LogP contribution in [0.5, 0.6) is 0 Å². The maximum Gasteiger partial charge on any atom is 0.0914 e. The molecule has 2 N–H and O–H groups in total. The summed E-state index contributed by atoms with van der Waals surface area (Å²) in [6, 6.07) is 0. The summed E-state index contributed by atoms with van der Waals surface area (Å²) < 4.78 is 2.99. The van der Waals surface area contributed by atoms with Crippen LogP contribution in [0.25, 0.3) is 0 Å². The smallest absolute Gasteiger partial charge is 0.0914 e. The molecule has 0 radical (unpaired) electrons. The van der Waals surface area contributed by atoms with Crippen molar-refractivity contribution in [2.75, 3.05) is 0 Å². The van der Waals surface area contributed by atoms with E-state index in [1.165, 1.54) is 0 Å². The molecule has 0 aromatic rings. The van der Waals surface area contributed by atoms with E-state index >= 15 is 0 Å². The first-order chi connectivity index (χ1) is 4.30. The predicted octanol–water partition coefficient (Wildman–Crippen LogP) is 1.51. The molecular weight excluding hydrogens is 134 g/mol. The van der Waals surface area contributed by atoms with E-state index in [-0.39, 0.29) is 10.7 Å². The number of rotatable bonds is 0. The van der Waals surface area contributed by atoms with Gasteiger partial charge in [-0.2, -0.15) is 0 Å². The standard InChI is InChI=1S/C6H9NOS/c1-6(8)9-5-3-2-4-7-9/h2-5,7-8H,1H3. The molecule has 1 heterocycles. The number of hydrogen-bond acceptors (Lipinski definition) is 1. The van der Waals surface area contributed by atoms with E-state index < -0.39 is 0 Å². The molecule has 0 saturated carbocycles. The SMILES string of the molecule is C/C(O)=S1\C=CC=CN1. The van der Waals surface area contributed by atoms with Crippen LogP contribution < -0.4 is 4.72 Å². The third kappa shape index (κ3) is 1.69. The van der Waals surface area contributed by atoms with Gasteiger partial charge in [-0.25, -0.2) is 0 Å². The number of allylic oxidation sites excluding steroid dienone is 2. The Morgan fingerprint density at radius 3 is 2.67 bits per heavy atom. The molecule has 0 aromatic heterocycles. The van der Waals surface area contributed by atoms with E-state index in [0.717, 1.165) is 0 Å². The molecule has 0 spiro atoms. The highest BCUT2D eigenvalue weighted by atomic mass is 32.2. The minimum Gasteiger partial charge on any atom is -0.358 e. The number of nitrogens with one attached hydrogen (secondary N) is 1. The largest absolute Gasteiger partial charge is 0.358 e. The molecule has 1 aliphatic rings. The van der Waals surface area contributed by atoms with Gasteiger partial charge in [-0.3, -0.25) is 0 Å². The maximum atomic E-state index is 8.96. The van der Waals surface area contributed by atoms with Crippen molar-refractivity contribution < 1.29 is 5.11 Å². The highest BCUT2D eigenvalue weighted by Gasteiger charge is 1.91. The minimum absolute atomic E-state index is 0.242. The van der Waals surface area contributed by atoms with Crippen LogP contribution >= 0.6 is 10.7 Å². The van der Waals surface area contributed by atoms with Crippen LogP contribution in [-0.2, 0) is 0 Å². The predicted molar refractivity (Wildman–Crippen MR) is 42.3 cm³/mol. The first-order valence-corrected chi connectivity index (χ1v) is 3.94. The summed E-state index contributed by atoms with van der Waals surface area (Å²) in [7, 11) is -0.242. The zero-order chi connectivity index (χ0) is 6.69. The Bertz CT molecular complexity index is 189. The topological polar surface area (TPSA) is 32.3 Å².